The molecule has 2 N–H and O–H groups in total. The monoisotopic (exact) mass is 308 g/mol. The van der Waals surface area contributed by atoms with Gasteiger partial charge in [0.25, 0.3) is 0 Å². The van der Waals surface area contributed by atoms with Crippen molar-refractivity contribution in [3.05, 3.63) is 35.4 Å². The number of nitrogens with one attached hydrogen (secondary N) is 2. The second-order valence-electron chi connectivity index (χ2n) is 6.25. The third-order valence-electron chi connectivity index (χ3n) is 4.25. The maximum absolute atomic E-state index is 12.1. The summed E-state index contributed by atoms with van der Waals surface area (Å²) in [6.07, 6.45) is 5.86. The van der Waals surface area contributed by atoms with E-state index in [9.17, 15) is 8.42 Å². The van der Waals surface area contributed by atoms with Crippen molar-refractivity contribution >= 4 is 10.0 Å². The minimum Gasteiger partial charge on any atom is -0.314 e. The van der Waals surface area contributed by atoms with Crippen LogP contribution in [0.25, 0.3) is 0 Å². The van der Waals surface area contributed by atoms with Crippen molar-refractivity contribution in [1.29, 1.82) is 0 Å². The Morgan fingerprint density at radius 2 is 1.67 bits per heavy atom. The molecule has 4 nitrogen and oxygen atoms in total. The van der Waals surface area contributed by atoms with Crippen LogP contribution in [-0.2, 0) is 22.9 Å². The molecule has 0 aromatic heterocycles. The van der Waals surface area contributed by atoms with Crippen LogP contribution in [0.2, 0.25) is 0 Å². The van der Waals surface area contributed by atoms with E-state index in [0.29, 0.717) is 6.04 Å². The maximum Gasteiger partial charge on any atom is 0.211 e. The average Bonchev–Trinajstić information content (AvgIpc) is 3.16. The fourth-order valence-electron chi connectivity index (χ4n) is 2.97. The molecule has 0 bridgehead atoms. The van der Waals surface area contributed by atoms with Crippen molar-refractivity contribution in [2.75, 3.05) is 12.3 Å². The lowest BCUT2D eigenvalue weighted by Gasteiger charge is -2.12. The van der Waals surface area contributed by atoms with E-state index in [-0.39, 0.29) is 11.8 Å². The van der Waals surface area contributed by atoms with Gasteiger partial charge < -0.3 is 5.32 Å². The van der Waals surface area contributed by atoms with Crippen LogP contribution < -0.4 is 10.0 Å². The minimum absolute atomic E-state index is 0.0389. The normalized spacial score (nSPS) is 18.9. The van der Waals surface area contributed by atoms with E-state index < -0.39 is 10.0 Å². The van der Waals surface area contributed by atoms with E-state index >= 15 is 0 Å². The lowest BCUT2D eigenvalue weighted by molar-refractivity contribution is 0.550. The number of fused-ring (bicyclic) bond motifs is 1. The third-order valence-corrected chi connectivity index (χ3v) is 5.77. The number of unbranched alkanes of at least 4 members (excludes halogenated alkanes) is 1. The predicted octanol–water partition coefficient (Wildman–Crippen LogP) is 1.61. The summed E-state index contributed by atoms with van der Waals surface area (Å²) in [5.74, 6) is 0.242. The first kappa shape index (κ1) is 15.0. The van der Waals surface area contributed by atoms with E-state index in [0.717, 1.165) is 32.2 Å². The van der Waals surface area contributed by atoms with Crippen LogP contribution in [0.3, 0.4) is 0 Å². The second-order valence-corrected chi connectivity index (χ2v) is 8.12. The van der Waals surface area contributed by atoms with Crippen molar-refractivity contribution in [1.82, 2.24) is 10.0 Å². The van der Waals surface area contributed by atoms with E-state index in [4.69, 9.17) is 0 Å². The number of benzene rings is 1. The topological polar surface area (TPSA) is 58.2 Å². The largest absolute Gasteiger partial charge is 0.314 e. The van der Waals surface area contributed by atoms with Crippen molar-refractivity contribution in [3.8, 4) is 0 Å². The summed E-state index contributed by atoms with van der Waals surface area (Å²) < 4.78 is 27.1. The summed E-state index contributed by atoms with van der Waals surface area (Å²) in [6.45, 7) is 0.940. The molecule has 1 saturated carbocycles. The lowest BCUT2D eigenvalue weighted by Crippen LogP contribution is -2.37. The molecule has 5 heteroatoms. The van der Waals surface area contributed by atoms with Gasteiger partial charge in [-0.3, -0.25) is 0 Å². The highest BCUT2D eigenvalue weighted by atomic mass is 32.2. The van der Waals surface area contributed by atoms with Gasteiger partial charge in [0.15, 0.2) is 0 Å². The Labute approximate surface area is 127 Å². The first-order chi connectivity index (χ1) is 10.1. The van der Waals surface area contributed by atoms with Gasteiger partial charge in [0.2, 0.25) is 10.0 Å². The molecule has 1 aromatic carbocycles. The Morgan fingerprint density at radius 3 is 2.29 bits per heavy atom. The number of rotatable bonds is 8. The van der Waals surface area contributed by atoms with Gasteiger partial charge in [0.1, 0.15) is 0 Å². The highest BCUT2D eigenvalue weighted by Gasteiger charge is 2.25. The smallest absolute Gasteiger partial charge is 0.211 e. The Hall–Kier alpha value is -0.910. The molecule has 1 aromatic rings. The number of hydrogen-bond acceptors (Lipinski definition) is 3. The van der Waals surface area contributed by atoms with E-state index in [1.165, 1.54) is 24.0 Å². The molecular weight excluding hydrogens is 284 g/mol. The molecule has 0 radical (unpaired) electrons. The number of sulfonamides is 1. The Bertz CT molecular complexity index is 557. The van der Waals surface area contributed by atoms with Gasteiger partial charge in [-0.2, -0.15) is 0 Å². The standard InChI is InChI=1S/C16H24N2O2S/c19-21(20,10-4-3-9-17-15-7-8-15)18-16-11-13-5-1-2-6-14(13)12-16/h1-2,5-6,15-18H,3-4,7-12H2. The average molecular weight is 308 g/mol. The van der Waals surface area contributed by atoms with Crippen LogP contribution in [0, 0.1) is 0 Å². The zero-order valence-electron chi connectivity index (χ0n) is 12.3. The summed E-state index contributed by atoms with van der Waals surface area (Å²) in [5, 5.41) is 3.41. The van der Waals surface area contributed by atoms with Gasteiger partial charge in [-0.25, -0.2) is 13.1 Å². The van der Waals surface area contributed by atoms with Crippen LogP contribution in [-0.4, -0.2) is 32.8 Å². The first-order valence-electron chi connectivity index (χ1n) is 7.92. The molecule has 2 aliphatic carbocycles. The zero-order valence-corrected chi connectivity index (χ0v) is 13.2. The quantitative estimate of drug-likeness (QED) is 0.717. The molecule has 0 spiro atoms. The molecule has 0 amide bonds. The fourth-order valence-corrected chi connectivity index (χ4v) is 4.34. The van der Waals surface area contributed by atoms with Gasteiger partial charge in [-0.1, -0.05) is 24.3 Å². The molecule has 116 valence electrons. The molecular formula is C16H24N2O2S. The summed E-state index contributed by atoms with van der Waals surface area (Å²) in [4.78, 5) is 0. The van der Waals surface area contributed by atoms with Crippen LogP contribution in [0.1, 0.15) is 36.8 Å². The third kappa shape index (κ3) is 4.53. The fraction of sp³-hybridized carbons (Fsp3) is 0.625. The molecule has 0 aliphatic heterocycles. The van der Waals surface area contributed by atoms with Crippen LogP contribution >= 0.6 is 0 Å². The molecule has 0 heterocycles. The minimum atomic E-state index is -3.15. The zero-order chi connectivity index (χ0) is 14.7. The van der Waals surface area contributed by atoms with Crippen LogP contribution in [0.5, 0.6) is 0 Å². The maximum atomic E-state index is 12.1. The molecule has 0 atom stereocenters. The second kappa shape index (κ2) is 6.46. The summed E-state index contributed by atoms with van der Waals surface area (Å²) in [6, 6.07) is 8.96. The molecule has 3 rings (SSSR count). The molecule has 0 saturated heterocycles. The van der Waals surface area contributed by atoms with Crippen molar-refractivity contribution < 1.29 is 8.42 Å². The van der Waals surface area contributed by atoms with Gasteiger partial charge >= 0.3 is 0 Å². The van der Waals surface area contributed by atoms with Crippen LogP contribution in [0.4, 0.5) is 0 Å². The van der Waals surface area contributed by atoms with Crippen molar-refractivity contribution in [2.45, 2.75) is 50.6 Å². The first-order valence-corrected chi connectivity index (χ1v) is 9.58. The molecule has 0 unspecified atom stereocenters. The Morgan fingerprint density at radius 1 is 1.00 bits per heavy atom. The lowest BCUT2D eigenvalue weighted by atomic mass is 10.1. The van der Waals surface area contributed by atoms with E-state index in [1.807, 2.05) is 12.1 Å². The van der Waals surface area contributed by atoms with Crippen LogP contribution in [0.15, 0.2) is 24.3 Å². The van der Waals surface area contributed by atoms with Gasteiger partial charge in [0.05, 0.1) is 5.75 Å². The molecule has 21 heavy (non-hydrogen) atoms. The van der Waals surface area contributed by atoms with E-state index in [1.54, 1.807) is 0 Å². The summed E-state index contributed by atoms with van der Waals surface area (Å²) in [5.41, 5.74) is 2.55. The van der Waals surface area contributed by atoms with Gasteiger partial charge in [0, 0.05) is 12.1 Å². The Balaban J connectivity index is 1.39. The van der Waals surface area contributed by atoms with Gasteiger partial charge in [-0.15, -0.1) is 0 Å². The number of hydrogen-bond donors (Lipinski definition) is 2. The van der Waals surface area contributed by atoms with Crippen molar-refractivity contribution in [2.24, 2.45) is 0 Å². The summed E-state index contributed by atoms with van der Waals surface area (Å²) >= 11 is 0. The Kier molecular flexibility index (Phi) is 4.62. The molecule has 1 fully saturated rings. The van der Waals surface area contributed by atoms with Crippen molar-refractivity contribution in [3.63, 3.8) is 0 Å². The summed E-state index contributed by atoms with van der Waals surface area (Å²) in [7, 11) is -3.15. The highest BCUT2D eigenvalue weighted by Crippen LogP contribution is 2.22. The SMILES string of the molecule is O=S(=O)(CCCCNC1CC1)NC1Cc2ccccc2C1. The highest BCUT2D eigenvalue weighted by molar-refractivity contribution is 7.89. The predicted molar refractivity (Wildman–Crippen MR) is 84.8 cm³/mol. The van der Waals surface area contributed by atoms with Gasteiger partial charge in [-0.05, 0) is 56.2 Å². The van der Waals surface area contributed by atoms with E-state index in [2.05, 4.69) is 22.2 Å². The molecule has 2 aliphatic rings.